The molecule has 0 aliphatic carbocycles. The van der Waals surface area contributed by atoms with Crippen molar-refractivity contribution in [2.45, 2.75) is 26.2 Å². The van der Waals surface area contributed by atoms with Crippen molar-refractivity contribution in [1.29, 1.82) is 0 Å². The monoisotopic (exact) mass is 324 g/mol. The maximum absolute atomic E-state index is 11.2. The minimum atomic E-state index is -3.86. The van der Waals surface area contributed by atoms with E-state index in [1.54, 1.807) is 6.92 Å². The van der Waals surface area contributed by atoms with Crippen LogP contribution in [0.2, 0.25) is 0 Å². The number of hydrogen-bond donors (Lipinski definition) is 2. The first-order valence-electron chi connectivity index (χ1n) is 6.74. The lowest BCUT2D eigenvalue weighted by molar-refractivity contribution is -0.890. The summed E-state index contributed by atoms with van der Waals surface area (Å²) in [6.07, 6.45) is 2.26. The van der Waals surface area contributed by atoms with E-state index < -0.39 is 10.1 Å². The summed E-state index contributed by atoms with van der Waals surface area (Å²) in [4.78, 5) is 11.2. The Balaban J connectivity index is 0. The minimum absolute atomic E-state index is 0. The van der Waals surface area contributed by atoms with E-state index in [0.29, 0.717) is 29.6 Å². The zero-order valence-electron chi connectivity index (χ0n) is 13.1. The van der Waals surface area contributed by atoms with E-state index in [4.69, 9.17) is 4.55 Å². The predicted molar refractivity (Wildman–Crippen MR) is 81.9 cm³/mol. The van der Waals surface area contributed by atoms with E-state index in [0.717, 1.165) is 19.4 Å². The molecule has 0 unspecified atom stereocenters. The van der Waals surface area contributed by atoms with Gasteiger partial charge in [0, 0.05) is 18.5 Å². The SMILES string of the molecule is C=C(C)C(=O)NCCCC[N+](C)(C)CCCS(=O)(=O)O.[OH-]. The first kappa shape index (κ1) is 22.3. The van der Waals surface area contributed by atoms with Gasteiger partial charge in [0.25, 0.3) is 10.1 Å². The molecular formula is C13H28N2O5S. The van der Waals surface area contributed by atoms with Crippen LogP contribution in [0.1, 0.15) is 26.2 Å². The summed E-state index contributed by atoms with van der Waals surface area (Å²) in [6.45, 7) is 7.44. The Kier molecular flexibility index (Phi) is 10.5. The van der Waals surface area contributed by atoms with E-state index in [1.165, 1.54) is 0 Å². The molecule has 0 spiro atoms. The molecule has 0 radical (unpaired) electrons. The van der Waals surface area contributed by atoms with Crippen LogP contribution in [0.25, 0.3) is 0 Å². The van der Waals surface area contributed by atoms with E-state index in [-0.39, 0.29) is 17.1 Å². The summed E-state index contributed by atoms with van der Waals surface area (Å²) in [5.74, 6) is -0.310. The Morgan fingerprint density at radius 1 is 1.19 bits per heavy atom. The molecular weight excluding hydrogens is 296 g/mol. The number of amides is 1. The molecule has 0 aromatic carbocycles. The first-order chi connectivity index (χ1) is 9.03. The fourth-order valence-corrected chi connectivity index (χ4v) is 2.30. The summed E-state index contributed by atoms with van der Waals surface area (Å²) in [7, 11) is 0.189. The summed E-state index contributed by atoms with van der Waals surface area (Å²) >= 11 is 0. The van der Waals surface area contributed by atoms with Crippen molar-refractivity contribution >= 4 is 16.0 Å². The lowest BCUT2D eigenvalue weighted by atomic mass is 10.2. The van der Waals surface area contributed by atoms with Crippen LogP contribution < -0.4 is 5.32 Å². The van der Waals surface area contributed by atoms with Crippen LogP contribution in [0.3, 0.4) is 0 Å². The van der Waals surface area contributed by atoms with Gasteiger partial charge < -0.3 is 15.3 Å². The molecule has 1 amide bonds. The number of carbonyl (C=O) groups is 1. The predicted octanol–water partition coefficient (Wildman–Crippen LogP) is 0.636. The summed E-state index contributed by atoms with van der Waals surface area (Å²) in [5.41, 5.74) is 0.506. The molecule has 0 aromatic heterocycles. The molecule has 0 bridgehead atoms. The van der Waals surface area contributed by atoms with Crippen LogP contribution in [0.15, 0.2) is 12.2 Å². The highest BCUT2D eigenvalue weighted by Crippen LogP contribution is 2.04. The number of nitrogens with zero attached hydrogens (tertiary/aromatic N) is 1. The molecule has 0 rings (SSSR count). The zero-order valence-corrected chi connectivity index (χ0v) is 13.9. The Hall–Kier alpha value is -0.960. The van der Waals surface area contributed by atoms with E-state index >= 15 is 0 Å². The molecule has 8 heteroatoms. The summed E-state index contributed by atoms with van der Waals surface area (Å²) < 4.78 is 30.6. The van der Waals surface area contributed by atoms with Crippen molar-refractivity contribution in [3.8, 4) is 0 Å². The Morgan fingerprint density at radius 3 is 2.19 bits per heavy atom. The number of nitrogens with one attached hydrogen (secondary N) is 1. The van der Waals surface area contributed by atoms with Crippen LogP contribution in [-0.4, -0.2) is 68.3 Å². The molecule has 0 atom stereocenters. The number of quaternary nitrogens is 1. The number of unbranched alkanes of at least 4 members (excludes halogenated alkanes) is 1. The highest BCUT2D eigenvalue weighted by molar-refractivity contribution is 7.85. The molecule has 0 saturated carbocycles. The second-order valence-electron chi connectivity index (χ2n) is 5.77. The lowest BCUT2D eigenvalue weighted by Crippen LogP contribution is -2.42. The topological polar surface area (TPSA) is 113 Å². The Bertz CT molecular complexity index is 432. The number of rotatable bonds is 10. The van der Waals surface area contributed by atoms with Gasteiger partial charge in [0.15, 0.2) is 0 Å². The van der Waals surface area contributed by atoms with Gasteiger partial charge in [-0.1, -0.05) is 6.58 Å². The lowest BCUT2D eigenvalue weighted by Gasteiger charge is -2.29. The van der Waals surface area contributed by atoms with Gasteiger partial charge >= 0.3 is 0 Å². The third-order valence-electron chi connectivity index (χ3n) is 3.03. The maximum Gasteiger partial charge on any atom is 0.265 e. The summed E-state index contributed by atoms with van der Waals surface area (Å²) in [6, 6.07) is 0. The van der Waals surface area contributed by atoms with Gasteiger partial charge in [-0.15, -0.1) is 0 Å². The molecule has 21 heavy (non-hydrogen) atoms. The smallest absolute Gasteiger partial charge is 0.265 e. The van der Waals surface area contributed by atoms with Crippen LogP contribution in [0.5, 0.6) is 0 Å². The standard InChI is InChI=1S/C13H26N2O4S.H2O/c1-12(2)13(16)14-8-5-6-9-15(3,4)10-7-11-20(17,18)19;/h1,5-11H2,2-4H3,(H-,14,16,17,18,19);1H2. The van der Waals surface area contributed by atoms with Crippen LogP contribution >= 0.6 is 0 Å². The van der Waals surface area contributed by atoms with Crippen molar-refractivity contribution in [1.82, 2.24) is 5.32 Å². The average Bonchev–Trinajstić information content (AvgIpc) is 2.25. The van der Waals surface area contributed by atoms with Gasteiger partial charge in [-0.05, 0) is 19.8 Å². The van der Waals surface area contributed by atoms with Gasteiger partial charge in [0.2, 0.25) is 5.91 Å². The molecule has 7 nitrogen and oxygen atoms in total. The third-order valence-corrected chi connectivity index (χ3v) is 3.83. The second kappa shape index (κ2) is 9.88. The zero-order chi connectivity index (χ0) is 15.8. The van der Waals surface area contributed by atoms with Gasteiger partial charge in [-0.3, -0.25) is 9.35 Å². The molecule has 0 aromatic rings. The molecule has 0 fully saturated rings. The first-order valence-corrected chi connectivity index (χ1v) is 8.35. The Morgan fingerprint density at radius 2 is 1.71 bits per heavy atom. The second-order valence-corrected chi connectivity index (χ2v) is 7.34. The van der Waals surface area contributed by atoms with Crippen molar-refractivity contribution in [2.24, 2.45) is 0 Å². The fraction of sp³-hybridized carbons (Fsp3) is 0.769. The van der Waals surface area contributed by atoms with Gasteiger partial charge in [-0.2, -0.15) is 8.42 Å². The third kappa shape index (κ3) is 13.8. The number of hydrogen-bond acceptors (Lipinski definition) is 4. The molecule has 0 aliphatic rings. The van der Waals surface area contributed by atoms with Crippen LogP contribution in [0.4, 0.5) is 0 Å². The van der Waals surface area contributed by atoms with Crippen molar-refractivity contribution < 1.29 is 27.7 Å². The van der Waals surface area contributed by atoms with Crippen molar-refractivity contribution in [3.63, 3.8) is 0 Å². The van der Waals surface area contributed by atoms with Crippen LogP contribution in [-0.2, 0) is 14.9 Å². The minimum Gasteiger partial charge on any atom is -0.870 e. The largest absolute Gasteiger partial charge is 0.870 e. The normalized spacial score (nSPS) is 11.6. The highest BCUT2D eigenvalue weighted by Gasteiger charge is 2.16. The molecule has 0 heterocycles. The fourth-order valence-electron chi connectivity index (χ4n) is 1.80. The molecule has 126 valence electrons. The van der Waals surface area contributed by atoms with E-state index in [2.05, 4.69) is 11.9 Å². The average molecular weight is 324 g/mol. The maximum atomic E-state index is 11.2. The number of carbonyl (C=O) groups excluding carboxylic acids is 1. The molecule has 0 saturated heterocycles. The molecule has 0 aliphatic heterocycles. The molecule has 3 N–H and O–H groups in total. The van der Waals surface area contributed by atoms with Crippen molar-refractivity contribution in [3.05, 3.63) is 12.2 Å². The summed E-state index contributed by atoms with van der Waals surface area (Å²) in [5, 5.41) is 2.77. The van der Waals surface area contributed by atoms with Gasteiger partial charge in [-0.25, -0.2) is 0 Å². The van der Waals surface area contributed by atoms with Gasteiger partial charge in [0.1, 0.15) is 0 Å². The van der Waals surface area contributed by atoms with Crippen molar-refractivity contribution in [2.75, 3.05) is 39.5 Å². The quantitative estimate of drug-likeness (QED) is 0.265. The van der Waals surface area contributed by atoms with Crippen LogP contribution in [0, 0.1) is 0 Å². The van der Waals surface area contributed by atoms with E-state index in [9.17, 15) is 13.2 Å². The van der Waals surface area contributed by atoms with E-state index in [1.807, 2.05) is 14.1 Å². The Labute approximate surface area is 127 Å². The van der Waals surface area contributed by atoms with Gasteiger partial charge in [0.05, 0.1) is 32.9 Å². The highest BCUT2D eigenvalue weighted by atomic mass is 32.2.